The fourth-order valence-electron chi connectivity index (χ4n) is 3.05. The van der Waals surface area contributed by atoms with Gasteiger partial charge in [0.1, 0.15) is 0 Å². The van der Waals surface area contributed by atoms with Crippen molar-refractivity contribution >= 4 is 61.8 Å². The zero-order valence-electron chi connectivity index (χ0n) is 18.9. The van der Waals surface area contributed by atoms with Crippen molar-refractivity contribution in [3.63, 3.8) is 0 Å². The van der Waals surface area contributed by atoms with E-state index in [1.807, 2.05) is 59.2 Å². The predicted molar refractivity (Wildman–Crippen MR) is 145 cm³/mol. The Morgan fingerprint density at radius 3 is 2.64 bits per heavy atom. The van der Waals surface area contributed by atoms with Crippen molar-refractivity contribution < 1.29 is 9.72 Å². The third kappa shape index (κ3) is 6.56. The van der Waals surface area contributed by atoms with Crippen LogP contribution in [0.5, 0.6) is 0 Å². The highest BCUT2D eigenvalue weighted by Gasteiger charge is 2.21. The Bertz CT molecular complexity index is 1370. The van der Waals surface area contributed by atoms with Crippen LogP contribution in [0.25, 0.3) is 5.69 Å². The molecule has 2 aromatic carbocycles. The number of nitrogens with zero attached hydrogens (tertiary/aromatic N) is 5. The maximum Gasteiger partial charge on any atom is 0.324 e. The molecule has 13 heteroatoms. The summed E-state index contributed by atoms with van der Waals surface area (Å²) in [5.41, 5.74) is 4.30. The van der Waals surface area contributed by atoms with Gasteiger partial charge in [0, 0.05) is 21.9 Å². The van der Waals surface area contributed by atoms with Gasteiger partial charge in [0.2, 0.25) is 0 Å². The molecular weight excluding hydrogens is 566 g/mol. The van der Waals surface area contributed by atoms with Gasteiger partial charge in [-0.25, -0.2) is 5.43 Å². The molecule has 10 nitrogen and oxygen atoms in total. The Balaban J connectivity index is 1.45. The molecule has 1 amide bonds. The molecule has 0 aliphatic carbocycles. The summed E-state index contributed by atoms with van der Waals surface area (Å²) in [5, 5.41) is 26.8. The lowest BCUT2D eigenvalue weighted by Gasteiger charge is -2.13. The number of benzene rings is 2. The van der Waals surface area contributed by atoms with Gasteiger partial charge in [-0.1, -0.05) is 57.2 Å². The van der Waals surface area contributed by atoms with Crippen molar-refractivity contribution in [1.82, 2.24) is 20.2 Å². The van der Waals surface area contributed by atoms with Crippen LogP contribution in [0, 0.1) is 10.1 Å². The van der Waals surface area contributed by atoms with Crippen molar-refractivity contribution in [2.75, 3.05) is 5.32 Å². The number of anilines is 1. The first-order chi connectivity index (χ1) is 17.4. The standard InChI is InChI=1S/C23H20BrN7O3S2/c1-15(22(32)28-26-13-19-11-12-21(36-19)31(33)34)35-23-29-27-20(30(23)18-5-3-2-4-6-18)14-25-17-9-7-16(24)8-10-17/h2-13,15,25H,14H2,1H3,(H,28,32). The topological polar surface area (TPSA) is 127 Å². The Kier molecular flexibility index (Phi) is 8.46. The lowest BCUT2D eigenvalue weighted by atomic mass is 10.3. The van der Waals surface area contributed by atoms with Crippen molar-refractivity contribution in [2.24, 2.45) is 5.10 Å². The first-order valence-electron chi connectivity index (χ1n) is 10.6. The molecule has 1 unspecified atom stereocenters. The third-order valence-electron chi connectivity index (χ3n) is 4.82. The molecule has 0 saturated heterocycles. The number of para-hydroxylation sites is 1. The zero-order chi connectivity index (χ0) is 25.5. The predicted octanol–water partition coefficient (Wildman–Crippen LogP) is 5.24. The first-order valence-corrected chi connectivity index (χ1v) is 13.1. The summed E-state index contributed by atoms with van der Waals surface area (Å²) in [5.74, 6) is 0.357. The number of nitrogens with one attached hydrogen (secondary N) is 2. The van der Waals surface area contributed by atoms with E-state index in [0.717, 1.165) is 27.2 Å². The lowest BCUT2D eigenvalue weighted by Crippen LogP contribution is -2.27. The van der Waals surface area contributed by atoms with E-state index in [0.29, 0.717) is 22.4 Å². The van der Waals surface area contributed by atoms with Crippen molar-refractivity contribution in [2.45, 2.75) is 23.9 Å². The number of thiophene rings is 1. The van der Waals surface area contributed by atoms with Crippen LogP contribution >= 0.6 is 39.0 Å². The van der Waals surface area contributed by atoms with Gasteiger partial charge < -0.3 is 5.32 Å². The van der Waals surface area contributed by atoms with Gasteiger partial charge in [-0.05, 0) is 49.4 Å². The molecule has 4 rings (SSSR count). The van der Waals surface area contributed by atoms with Gasteiger partial charge in [-0.15, -0.1) is 10.2 Å². The van der Waals surface area contributed by atoms with Crippen LogP contribution in [0.4, 0.5) is 10.7 Å². The fourth-order valence-corrected chi connectivity index (χ4v) is 4.89. The van der Waals surface area contributed by atoms with Crippen molar-refractivity contribution in [3.05, 3.63) is 92.0 Å². The molecule has 1 atom stereocenters. The van der Waals surface area contributed by atoms with Crippen LogP contribution in [0.1, 0.15) is 17.6 Å². The number of carbonyl (C=O) groups excluding carboxylic acids is 1. The first kappa shape index (κ1) is 25.5. The van der Waals surface area contributed by atoms with Crippen LogP contribution in [0.3, 0.4) is 0 Å². The number of thioether (sulfide) groups is 1. The van der Waals surface area contributed by atoms with E-state index in [-0.39, 0.29) is 10.9 Å². The van der Waals surface area contributed by atoms with Crippen molar-refractivity contribution in [1.29, 1.82) is 0 Å². The highest BCUT2D eigenvalue weighted by atomic mass is 79.9. The van der Waals surface area contributed by atoms with Crippen LogP contribution in [0.15, 0.2) is 81.5 Å². The van der Waals surface area contributed by atoms with E-state index < -0.39 is 10.2 Å². The summed E-state index contributed by atoms with van der Waals surface area (Å²) < 4.78 is 2.90. The van der Waals surface area contributed by atoms with Gasteiger partial charge in [-0.3, -0.25) is 19.5 Å². The molecule has 0 spiro atoms. The normalized spacial score (nSPS) is 11.9. The summed E-state index contributed by atoms with van der Waals surface area (Å²) in [7, 11) is 0. The number of amides is 1. The van der Waals surface area contributed by atoms with Crippen LogP contribution in [0.2, 0.25) is 0 Å². The third-order valence-corrected chi connectivity index (χ3v) is 7.36. The second-order valence-corrected chi connectivity index (χ2v) is 10.7. The molecule has 0 aliphatic rings. The summed E-state index contributed by atoms with van der Waals surface area (Å²) in [6.07, 6.45) is 1.38. The van der Waals surface area contributed by atoms with E-state index >= 15 is 0 Å². The zero-order valence-corrected chi connectivity index (χ0v) is 22.1. The van der Waals surface area contributed by atoms with Gasteiger partial charge in [0.25, 0.3) is 5.91 Å². The SMILES string of the molecule is CC(Sc1nnc(CNc2ccc(Br)cc2)n1-c1ccccc1)C(=O)NN=Cc1ccc([N+](=O)[O-])s1. The maximum atomic E-state index is 12.6. The van der Waals surface area contributed by atoms with Gasteiger partial charge in [0.05, 0.1) is 27.8 Å². The minimum Gasteiger partial charge on any atom is -0.378 e. The fraction of sp³-hybridized carbons (Fsp3) is 0.130. The molecule has 2 N–H and O–H groups in total. The molecule has 36 heavy (non-hydrogen) atoms. The molecule has 0 bridgehead atoms. The molecule has 4 aromatic rings. The molecule has 2 heterocycles. The quantitative estimate of drug-likeness (QED) is 0.113. The second kappa shape index (κ2) is 11.9. The highest BCUT2D eigenvalue weighted by molar-refractivity contribution is 9.10. The largest absolute Gasteiger partial charge is 0.378 e. The summed E-state index contributed by atoms with van der Waals surface area (Å²) in [6.45, 7) is 2.18. The van der Waals surface area contributed by atoms with E-state index in [4.69, 9.17) is 0 Å². The van der Waals surface area contributed by atoms with E-state index in [1.54, 1.807) is 13.0 Å². The monoisotopic (exact) mass is 585 g/mol. The number of nitro groups is 1. The number of hydrazone groups is 1. The van der Waals surface area contributed by atoms with Gasteiger partial charge in [-0.2, -0.15) is 5.10 Å². The van der Waals surface area contributed by atoms with E-state index in [9.17, 15) is 14.9 Å². The highest BCUT2D eigenvalue weighted by Crippen LogP contribution is 2.27. The summed E-state index contributed by atoms with van der Waals surface area (Å²) >= 11 is 5.66. The number of carbonyl (C=O) groups is 1. The molecule has 2 aromatic heterocycles. The molecule has 0 aliphatic heterocycles. The molecule has 0 saturated carbocycles. The summed E-state index contributed by atoms with van der Waals surface area (Å²) in [4.78, 5) is 23.5. The Morgan fingerprint density at radius 1 is 1.19 bits per heavy atom. The average molecular weight is 586 g/mol. The van der Waals surface area contributed by atoms with E-state index in [2.05, 4.69) is 42.0 Å². The number of hydrogen-bond acceptors (Lipinski definition) is 9. The second-order valence-electron chi connectivity index (χ2n) is 7.36. The minimum atomic E-state index is -0.529. The van der Waals surface area contributed by atoms with E-state index in [1.165, 1.54) is 24.0 Å². The molecule has 0 radical (unpaired) electrons. The minimum absolute atomic E-state index is 0.0115. The number of halogens is 1. The van der Waals surface area contributed by atoms with Crippen LogP contribution in [-0.4, -0.2) is 37.1 Å². The number of aromatic nitrogens is 3. The lowest BCUT2D eigenvalue weighted by molar-refractivity contribution is -0.380. The van der Waals surface area contributed by atoms with Crippen LogP contribution in [-0.2, 0) is 11.3 Å². The van der Waals surface area contributed by atoms with Gasteiger partial charge in [0.15, 0.2) is 11.0 Å². The number of hydrogen-bond donors (Lipinski definition) is 2. The Hall–Kier alpha value is -3.55. The average Bonchev–Trinajstić information content (AvgIpc) is 3.51. The number of rotatable bonds is 10. The van der Waals surface area contributed by atoms with Crippen molar-refractivity contribution in [3.8, 4) is 5.69 Å². The van der Waals surface area contributed by atoms with Gasteiger partial charge >= 0.3 is 5.00 Å². The Morgan fingerprint density at radius 2 is 1.94 bits per heavy atom. The molecule has 0 fully saturated rings. The molecule has 184 valence electrons. The smallest absolute Gasteiger partial charge is 0.324 e. The van der Waals surface area contributed by atoms with Crippen LogP contribution < -0.4 is 10.7 Å². The maximum absolute atomic E-state index is 12.6. The summed E-state index contributed by atoms with van der Waals surface area (Å²) in [6, 6.07) is 20.5. The molecular formula is C23H20BrN7O3S2. The Labute approximate surface area is 223 Å².